The Hall–Kier alpha value is -0.450. The number of halogens is 1. The maximum Gasteiger partial charge on any atom is 0.163 e. The van der Waals surface area contributed by atoms with Crippen molar-refractivity contribution < 1.29 is 17.6 Å². The van der Waals surface area contributed by atoms with Crippen LogP contribution in [0.15, 0.2) is 0 Å². The Kier molecular flexibility index (Phi) is 3.05. The summed E-state index contributed by atoms with van der Waals surface area (Å²) in [5.74, 6) is -0.489. The molecular formula is C8H13FO3S. The third kappa shape index (κ3) is 3.06. The molecule has 5 heteroatoms. The van der Waals surface area contributed by atoms with Crippen molar-refractivity contribution in [3.8, 4) is 0 Å². The standard InChI is InChI=1S/C8H13FO3S/c1-6(10)8(9)4-7-2-3-13(11,12)5-7/h7-8H,2-5H2,1H3. The van der Waals surface area contributed by atoms with E-state index in [0.717, 1.165) is 0 Å². The fourth-order valence-electron chi connectivity index (χ4n) is 1.52. The maximum atomic E-state index is 12.9. The summed E-state index contributed by atoms with van der Waals surface area (Å²) in [6.07, 6.45) is -0.928. The van der Waals surface area contributed by atoms with Crippen molar-refractivity contribution in [1.29, 1.82) is 0 Å². The zero-order valence-corrected chi connectivity index (χ0v) is 8.31. The molecule has 1 aliphatic rings. The van der Waals surface area contributed by atoms with Crippen molar-refractivity contribution >= 4 is 15.6 Å². The molecule has 1 saturated heterocycles. The van der Waals surface area contributed by atoms with E-state index < -0.39 is 21.8 Å². The predicted molar refractivity (Wildman–Crippen MR) is 47.0 cm³/mol. The monoisotopic (exact) mass is 208 g/mol. The molecule has 76 valence electrons. The Morgan fingerprint density at radius 3 is 2.62 bits per heavy atom. The Bertz CT molecular complexity index is 297. The second kappa shape index (κ2) is 3.74. The lowest BCUT2D eigenvalue weighted by Gasteiger charge is -2.08. The molecule has 0 aromatic heterocycles. The largest absolute Gasteiger partial charge is 0.297 e. The second-order valence-electron chi connectivity index (χ2n) is 3.58. The zero-order chi connectivity index (χ0) is 10.1. The van der Waals surface area contributed by atoms with Gasteiger partial charge in [0.15, 0.2) is 21.8 Å². The van der Waals surface area contributed by atoms with E-state index in [-0.39, 0.29) is 23.8 Å². The van der Waals surface area contributed by atoms with E-state index in [9.17, 15) is 17.6 Å². The van der Waals surface area contributed by atoms with Gasteiger partial charge in [-0.25, -0.2) is 12.8 Å². The number of alkyl halides is 1. The highest BCUT2D eigenvalue weighted by molar-refractivity contribution is 7.91. The van der Waals surface area contributed by atoms with Gasteiger partial charge in [-0.05, 0) is 25.7 Å². The van der Waals surface area contributed by atoms with Gasteiger partial charge in [-0.2, -0.15) is 0 Å². The summed E-state index contributed by atoms with van der Waals surface area (Å²) < 4.78 is 34.9. The van der Waals surface area contributed by atoms with Gasteiger partial charge in [-0.15, -0.1) is 0 Å². The van der Waals surface area contributed by atoms with E-state index in [1.165, 1.54) is 6.92 Å². The fourth-order valence-corrected chi connectivity index (χ4v) is 3.40. The van der Waals surface area contributed by atoms with Crippen LogP contribution < -0.4 is 0 Å². The molecule has 3 nitrogen and oxygen atoms in total. The first kappa shape index (κ1) is 10.6. The highest BCUT2D eigenvalue weighted by atomic mass is 32.2. The van der Waals surface area contributed by atoms with E-state index in [4.69, 9.17) is 0 Å². The van der Waals surface area contributed by atoms with Crippen LogP contribution in [0.2, 0.25) is 0 Å². The Morgan fingerprint density at radius 1 is 1.62 bits per heavy atom. The van der Waals surface area contributed by atoms with Crippen LogP contribution in [0.3, 0.4) is 0 Å². The molecule has 1 fully saturated rings. The van der Waals surface area contributed by atoms with Gasteiger partial charge in [0.05, 0.1) is 11.5 Å². The quantitative estimate of drug-likeness (QED) is 0.687. The lowest BCUT2D eigenvalue weighted by Crippen LogP contribution is -2.17. The minimum absolute atomic E-state index is 0.0424. The third-order valence-corrected chi connectivity index (χ3v) is 4.15. The van der Waals surface area contributed by atoms with Gasteiger partial charge in [0, 0.05) is 0 Å². The molecule has 1 heterocycles. The molecule has 2 atom stereocenters. The molecular weight excluding hydrogens is 195 g/mol. The second-order valence-corrected chi connectivity index (χ2v) is 5.81. The molecule has 0 spiro atoms. The minimum atomic E-state index is -2.94. The predicted octanol–water partition coefficient (Wildman–Crippen LogP) is 0.738. The van der Waals surface area contributed by atoms with E-state index in [2.05, 4.69) is 0 Å². The summed E-state index contributed by atoms with van der Waals surface area (Å²) in [4.78, 5) is 10.6. The van der Waals surface area contributed by atoms with E-state index in [1.807, 2.05) is 0 Å². The van der Waals surface area contributed by atoms with Crippen LogP contribution in [-0.2, 0) is 14.6 Å². The molecule has 0 aliphatic carbocycles. The Balaban J connectivity index is 2.45. The van der Waals surface area contributed by atoms with Crippen molar-refractivity contribution in [2.45, 2.75) is 25.9 Å². The number of carbonyl (C=O) groups is 1. The van der Waals surface area contributed by atoms with Crippen LogP contribution in [-0.4, -0.2) is 31.9 Å². The van der Waals surface area contributed by atoms with Gasteiger partial charge in [-0.1, -0.05) is 0 Å². The zero-order valence-electron chi connectivity index (χ0n) is 7.49. The number of hydrogen-bond acceptors (Lipinski definition) is 3. The van der Waals surface area contributed by atoms with Crippen molar-refractivity contribution in [3.05, 3.63) is 0 Å². The molecule has 0 radical (unpaired) electrons. The SMILES string of the molecule is CC(=O)C(F)CC1CCS(=O)(=O)C1. The van der Waals surface area contributed by atoms with Gasteiger partial charge in [-0.3, -0.25) is 4.79 Å². The number of ketones is 1. The molecule has 1 rings (SSSR count). The van der Waals surface area contributed by atoms with Crippen molar-refractivity contribution in [2.24, 2.45) is 5.92 Å². The highest BCUT2D eigenvalue weighted by Gasteiger charge is 2.30. The van der Waals surface area contributed by atoms with Crippen molar-refractivity contribution in [1.82, 2.24) is 0 Å². The Labute approximate surface area is 77.2 Å². The first-order chi connectivity index (χ1) is 5.91. The number of sulfone groups is 1. The van der Waals surface area contributed by atoms with Gasteiger partial charge in [0.2, 0.25) is 0 Å². The van der Waals surface area contributed by atoms with Crippen LogP contribution in [0.25, 0.3) is 0 Å². The van der Waals surface area contributed by atoms with E-state index in [0.29, 0.717) is 6.42 Å². The minimum Gasteiger partial charge on any atom is -0.297 e. The highest BCUT2D eigenvalue weighted by Crippen LogP contribution is 2.24. The molecule has 0 aromatic rings. The van der Waals surface area contributed by atoms with Crippen molar-refractivity contribution in [3.63, 3.8) is 0 Å². The number of hydrogen-bond donors (Lipinski definition) is 0. The number of rotatable bonds is 3. The van der Waals surface area contributed by atoms with Crippen LogP contribution in [0.1, 0.15) is 19.8 Å². The van der Waals surface area contributed by atoms with Crippen LogP contribution in [0.4, 0.5) is 4.39 Å². The summed E-state index contributed by atoms with van der Waals surface area (Å²) in [6.45, 7) is 1.19. The maximum absolute atomic E-state index is 12.9. The summed E-state index contributed by atoms with van der Waals surface area (Å²) in [5, 5.41) is 0. The van der Waals surface area contributed by atoms with Gasteiger partial charge >= 0.3 is 0 Å². The lowest BCUT2D eigenvalue weighted by atomic mass is 10.0. The van der Waals surface area contributed by atoms with E-state index in [1.54, 1.807) is 0 Å². The van der Waals surface area contributed by atoms with Crippen LogP contribution in [0.5, 0.6) is 0 Å². The summed E-state index contributed by atoms with van der Waals surface area (Å²) in [5.41, 5.74) is 0. The molecule has 1 aliphatic heterocycles. The van der Waals surface area contributed by atoms with Gasteiger partial charge in [0.25, 0.3) is 0 Å². The molecule has 0 bridgehead atoms. The van der Waals surface area contributed by atoms with Gasteiger partial charge in [0.1, 0.15) is 0 Å². The average Bonchev–Trinajstić information content (AvgIpc) is 2.30. The number of Topliss-reactive ketones (excluding diaryl/α,β-unsaturated/α-hetero) is 1. The van der Waals surface area contributed by atoms with Crippen LogP contribution >= 0.6 is 0 Å². The third-order valence-electron chi connectivity index (χ3n) is 2.31. The summed E-state index contributed by atoms with van der Waals surface area (Å²) >= 11 is 0. The fraction of sp³-hybridized carbons (Fsp3) is 0.875. The average molecular weight is 208 g/mol. The van der Waals surface area contributed by atoms with E-state index >= 15 is 0 Å². The lowest BCUT2D eigenvalue weighted by molar-refractivity contribution is -0.122. The molecule has 0 aromatic carbocycles. The van der Waals surface area contributed by atoms with Crippen molar-refractivity contribution in [2.75, 3.05) is 11.5 Å². The topological polar surface area (TPSA) is 51.2 Å². The molecule has 0 amide bonds. The summed E-state index contributed by atoms with van der Waals surface area (Å²) in [6, 6.07) is 0. The number of carbonyl (C=O) groups excluding carboxylic acids is 1. The van der Waals surface area contributed by atoms with Gasteiger partial charge < -0.3 is 0 Å². The molecule has 0 N–H and O–H groups in total. The normalized spacial score (nSPS) is 28.6. The first-order valence-corrected chi connectivity index (χ1v) is 6.08. The molecule has 2 unspecified atom stereocenters. The molecule has 13 heavy (non-hydrogen) atoms. The smallest absolute Gasteiger partial charge is 0.163 e. The molecule has 0 saturated carbocycles. The first-order valence-electron chi connectivity index (χ1n) is 4.25. The summed E-state index contributed by atoms with van der Waals surface area (Å²) in [7, 11) is -2.94. The Morgan fingerprint density at radius 2 is 2.23 bits per heavy atom. The van der Waals surface area contributed by atoms with Crippen LogP contribution in [0, 0.1) is 5.92 Å².